The van der Waals surface area contributed by atoms with Crippen LogP contribution in [0.15, 0.2) is 60.7 Å². The quantitative estimate of drug-likeness (QED) is 0.139. The Balaban J connectivity index is 1.52. The molecule has 3 aromatic carbocycles. The number of ether oxygens (including phenoxy) is 2. The Hall–Kier alpha value is -4.46. The van der Waals surface area contributed by atoms with Crippen molar-refractivity contribution in [1.82, 2.24) is 0 Å². The van der Waals surface area contributed by atoms with Crippen molar-refractivity contribution in [3.05, 3.63) is 71.8 Å². The Kier molecular flexibility index (Phi) is 5.94. The number of aliphatic carboxylic acids is 2. The highest BCUT2D eigenvalue weighted by molar-refractivity contribution is 6.15. The molecule has 1 spiro atoms. The number of hydrogen-bond donors (Lipinski definition) is 2. The molecule has 2 N–H and O–H groups in total. The molecule has 2 saturated carbocycles. The van der Waals surface area contributed by atoms with Gasteiger partial charge in [-0.1, -0.05) is 102 Å². The standard InChI is InChI=1S/C39H38O8/c1-37(2,3)19-11-7-9-17-25(19)31-18-10-8-12-20(38(4,5)6)26(18)32(17)47-36(45)30-24-16-14-22(28(30)34(42)43)39(24)21-13-15-23(39)29(35(44)46-31)27(21)33(40)41/h7-16,21-24,27-30H,1-6H3,(H,40,41)(H,42,43). The number of rotatable bonds is 2. The number of esters is 2. The summed E-state index contributed by atoms with van der Waals surface area (Å²) in [4.78, 5) is 55.6. The van der Waals surface area contributed by atoms with Crippen molar-refractivity contribution in [2.45, 2.75) is 52.4 Å². The molecule has 2 aliphatic heterocycles. The van der Waals surface area contributed by atoms with Gasteiger partial charge in [-0.25, -0.2) is 0 Å². The van der Waals surface area contributed by atoms with Crippen molar-refractivity contribution in [1.29, 1.82) is 0 Å². The minimum absolute atomic E-state index is 0.315. The zero-order valence-corrected chi connectivity index (χ0v) is 27.2. The van der Waals surface area contributed by atoms with Gasteiger partial charge in [0.25, 0.3) is 0 Å². The van der Waals surface area contributed by atoms with Crippen LogP contribution in [0.25, 0.3) is 21.5 Å². The SMILES string of the molecule is CC(C)(C)c1cccc2c3c4c(C(C)(C)C)cccc4c(c12)OC(=O)C1C(C(=O)O)C2C=CC1C21C2C=CC1C(C(=O)O3)C2C(=O)O. The van der Waals surface area contributed by atoms with Gasteiger partial charge >= 0.3 is 23.9 Å². The summed E-state index contributed by atoms with van der Waals surface area (Å²) < 4.78 is 13.1. The van der Waals surface area contributed by atoms with E-state index in [-0.39, 0.29) is 0 Å². The van der Waals surface area contributed by atoms with Crippen LogP contribution in [0.2, 0.25) is 0 Å². The number of allylic oxidation sites excluding steroid dienone is 4. The van der Waals surface area contributed by atoms with E-state index >= 15 is 0 Å². The van der Waals surface area contributed by atoms with Crippen LogP contribution in [0.3, 0.4) is 0 Å². The van der Waals surface area contributed by atoms with Gasteiger partial charge in [-0.05, 0) is 51.0 Å². The smallest absolute Gasteiger partial charge is 0.315 e. The summed E-state index contributed by atoms with van der Waals surface area (Å²) >= 11 is 0. The molecule has 8 atom stereocenters. The molecule has 6 aliphatic rings. The number of carbonyl (C=O) groups excluding carboxylic acids is 2. The molecular formula is C39H38O8. The highest BCUT2D eigenvalue weighted by atomic mass is 16.5. The molecule has 47 heavy (non-hydrogen) atoms. The molecule has 0 radical (unpaired) electrons. The number of carboxylic acid groups (broad SMARTS) is 2. The van der Waals surface area contributed by atoms with Gasteiger partial charge in [0.15, 0.2) is 0 Å². The third-order valence-electron chi connectivity index (χ3n) is 11.9. The van der Waals surface area contributed by atoms with Gasteiger partial charge in [-0.15, -0.1) is 0 Å². The van der Waals surface area contributed by atoms with E-state index in [1.165, 1.54) is 0 Å². The topological polar surface area (TPSA) is 127 Å². The molecule has 8 unspecified atom stereocenters. The van der Waals surface area contributed by atoms with Crippen LogP contribution in [-0.4, -0.2) is 34.1 Å². The van der Waals surface area contributed by atoms with Crippen molar-refractivity contribution >= 4 is 45.4 Å². The van der Waals surface area contributed by atoms with Crippen molar-refractivity contribution < 1.29 is 38.9 Å². The Labute approximate surface area is 272 Å². The lowest BCUT2D eigenvalue weighted by atomic mass is 9.65. The van der Waals surface area contributed by atoms with Crippen molar-refractivity contribution in [2.75, 3.05) is 0 Å². The molecule has 9 rings (SSSR count). The molecule has 2 heterocycles. The minimum Gasteiger partial charge on any atom is -0.481 e. The maximum Gasteiger partial charge on any atom is 0.315 e. The second-order valence-corrected chi connectivity index (χ2v) is 16.1. The van der Waals surface area contributed by atoms with E-state index in [4.69, 9.17) is 9.47 Å². The second kappa shape index (κ2) is 9.33. The molecule has 4 aliphatic carbocycles. The Morgan fingerprint density at radius 3 is 1.32 bits per heavy atom. The largest absolute Gasteiger partial charge is 0.481 e. The predicted octanol–water partition coefficient (Wildman–Crippen LogP) is 6.66. The third kappa shape index (κ3) is 3.64. The van der Waals surface area contributed by atoms with E-state index in [9.17, 15) is 29.4 Å². The van der Waals surface area contributed by atoms with E-state index in [1.807, 2.05) is 102 Å². The zero-order valence-electron chi connectivity index (χ0n) is 27.2. The van der Waals surface area contributed by atoms with Crippen LogP contribution in [0.1, 0.15) is 52.7 Å². The maximum atomic E-state index is 14.7. The van der Waals surface area contributed by atoms with Crippen LogP contribution in [0, 0.1) is 52.8 Å². The number of benzene rings is 3. The summed E-state index contributed by atoms with van der Waals surface area (Å²) in [5, 5.41) is 23.7. The summed E-state index contributed by atoms with van der Waals surface area (Å²) in [6.07, 6.45) is 7.38. The van der Waals surface area contributed by atoms with Gasteiger partial charge < -0.3 is 19.7 Å². The molecule has 9 bridgehead atoms. The van der Waals surface area contributed by atoms with Gasteiger partial charge in [0.05, 0.1) is 23.7 Å². The van der Waals surface area contributed by atoms with Gasteiger partial charge in [0, 0.05) is 21.5 Å². The highest BCUT2D eigenvalue weighted by Crippen LogP contribution is 2.76. The van der Waals surface area contributed by atoms with E-state index in [0.717, 1.165) is 11.1 Å². The molecule has 3 aromatic rings. The van der Waals surface area contributed by atoms with E-state index in [0.29, 0.717) is 33.0 Å². The molecular weight excluding hydrogens is 596 g/mol. The minimum atomic E-state index is -1.14. The number of carbonyl (C=O) groups is 4. The highest BCUT2D eigenvalue weighted by Gasteiger charge is 2.78. The monoisotopic (exact) mass is 634 g/mol. The van der Waals surface area contributed by atoms with Gasteiger partial charge in [0.1, 0.15) is 11.5 Å². The van der Waals surface area contributed by atoms with Crippen LogP contribution >= 0.6 is 0 Å². The van der Waals surface area contributed by atoms with Crippen molar-refractivity contribution in [2.24, 2.45) is 52.8 Å². The van der Waals surface area contributed by atoms with Gasteiger partial charge in [-0.3, -0.25) is 19.2 Å². The van der Waals surface area contributed by atoms with Gasteiger partial charge in [0.2, 0.25) is 0 Å². The lowest BCUT2D eigenvalue weighted by Crippen LogP contribution is -2.38. The average molecular weight is 635 g/mol. The first-order valence-electron chi connectivity index (χ1n) is 16.4. The van der Waals surface area contributed by atoms with Crippen LogP contribution < -0.4 is 9.47 Å². The molecule has 2 fully saturated rings. The summed E-state index contributed by atoms with van der Waals surface area (Å²) in [7, 11) is 0. The van der Waals surface area contributed by atoms with Crippen molar-refractivity contribution in [3.63, 3.8) is 0 Å². The normalized spacial score (nSPS) is 33.6. The third-order valence-corrected chi connectivity index (χ3v) is 11.9. The first-order valence-corrected chi connectivity index (χ1v) is 16.4. The number of carboxylic acids is 2. The maximum absolute atomic E-state index is 14.7. The lowest BCUT2D eigenvalue weighted by molar-refractivity contribution is -0.152. The van der Waals surface area contributed by atoms with Crippen molar-refractivity contribution in [3.8, 4) is 11.5 Å². The summed E-state index contributed by atoms with van der Waals surface area (Å²) in [6, 6.07) is 11.4. The first-order chi connectivity index (χ1) is 22.1. The predicted molar refractivity (Wildman–Crippen MR) is 174 cm³/mol. The molecule has 0 saturated heterocycles. The Morgan fingerprint density at radius 2 is 0.979 bits per heavy atom. The second-order valence-electron chi connectivity index (χ2n) is 16.1. The van der Waals surface area contributed by atoms with Gasteiger partial charge in [-0.2, -0.15) is 0 Å². The summed E-state index contributed by atoms with van der Waals surface area (Å²) in [6.45, 7) is 12.3. The van der Waals surface area contributed by atoms with Crippen LogP contribution in [0.5, 0.6) is 11.5 Å². The van der Waals surface area contributed by atoms with E-state index < -0.39 is 87.5 Å². The number of fused-ring (bicyclic) bond motifs is 2. The Bertz CT molecular complexity index is 1870. The average Bonchev–Trinajstić information content (AvgIpc) is 3.72. The lowest BCUT2D eigenvalue weighted by Gasteiger charge is -2.37. The van der Waals surface area contributed by atoms with Crippen LogP contribution in [-0.2, 0) is 30.0 Å². The molecule has 8 heteroatoms. The Morgan fingerprint density at radius 1 is 0.617 bits per heavy atom. The van der Waals surface area contributed by atoms with Crippen LogP contribution in [0.4, 0.5) is 0 Å². The molecule has 0 amide bonds. The van der Waals surface area contributed by atoms with E-state index in [1.54, 1.807) is 0 Å². The number of hydrogen-bond acceptors (Lipinski definition) is 6. The summed E-state index contributed by atoms with van der Waals surface area (Å²) in [5.74, 6) is -9.95. The fourth-order valence-electron chi connectivity index (χ4n) is 10.3. The fraction of sp³-hybridized carbons (Fsp3) is 0.436. The zero-order chi connectivity index (χ0) is 33.5. The fourth-order valence-corrected chi connectivity index (χ4v) is 10.3. The van der Waals surface area contributed by atoms with E-state index in [2.05, 4.69) is 0 Å². The first kappa shape index (κ1) is 29.9. The molecule has 0 aromatic heterocycles. The molecule has 8 nitrogen and oxygen atoms in total. The summed E-state index contributed by atoms with van der Waals surface area (Å²) in [5.41, 5.74) is -0.0933. The molecule has 242 valence electrons.